The molecule has 0 saturated carbocycles. The molecule has 0 aliphatic carbocycles. The predicted molar refractivity (Wildman–Crippen MR) is 95.9 cm³/mol. The second-order valence-electron chi connectivity index (χ2n) is 5.40. The van der Waals surface area contributed by atoms with Crippen LogP contribution >= 0.6 is 27.5 Å². The van der Waals surface area contributed by atoms with Crippen LogP contribution in [0.1, 0.15) is 20.7 Å². The Hall–Kier alpha value is -2.37. The minimum Gasteiger partial charge on any atom is -0.506 e. The molecule has 0 atom stereocenters. The highest BCUT2D eigenvalue weighted by Gasteiger charge is 2.35. The van der Waals surface area contributed by atoms with E-state index >= 15 is 0 Å². The van der Waals surface area contributed by atoms with Crippen LogP contribution < -0.4 is 4.90 Å². The number of imide groups is 1. The van der Waals surface area contributed by atoms with E-state index in [4.69, 9.17) is 11.6 Å². The summed E-state index contributed by atoms with van der Waals surface area (Å²) in [6.07, 6.45) is 0. The van der Waals surface area contributed by atoms with Crippen molar-refractivity contribution in [2.45, 2.75) is 0 Å². The number of hydrogen-bond donors (Lipinski definition) is 1. The Morgan fingerprint density at radius 1 is 0.958 bits per heavy atom. The van der Waals surface area contributed by atoms with Crippen molar-refractivity contribution in [3.8, 4) is 5.75 Å². The van der Waals surface area contributed by atoms with Crippen molar-refractivity contribution >= 4 is 55.8 Å². The standard InChI is InChI=1S/C18H9BrClNO3/c19-13-6-5-12-16-10(13)2-1-3-11(16)17(23)21(18(12)24)14-8-9(20)4-7-15(14)22/h1-8,22H. The molecule has 0 unspecified atom stereocenters. The first kappa shape index (κ1) is 15.2. The smallest absolute Gasteiger partial charge is 0.266 e. The van der Waals surface area contributed by atoms with Crippen LogP contribution in [0.4, 0.5) is 5.69 Å². The van der Waals surface area contributed by atoms with Crippen LogP contribution in [0, 0.1) is 0 Å². The summed E-state index contributed by atoms with van der Waals surface area (Å²) >= 11 is 9.41. The summed E-state index contributed by atoms with van der Waals surface area (Å²) < 4.78 is 0.808. The van der Waals surface area contributed by atoms with Gasteiger partial charge >= 0.3 is 0 Å². The normalized spacial score (nSPS) is 13.7. The van der Waals surface area contributed by atoms with Crippen molar-refractivity contribution in [2.75, 3.05) is 4.90 Å². The van der Waals surface area contributed by atoms with E-state index in [1.165, 1.54) is 18.2 Å². The fourth-order valence-electron chi connectivity index (χ4n) is 2.96. The van der Waals surface area contributed by atoms with Crippen LogP contribution in [-0.2, 0) is 0 Å². The average Bonchev–Trinajstić information content (AvgIpc) is 2.57. The zero-order valence-electron chi connectivity index (χ0n) is 12.1. The van der Waals surface area contributed by atoms with Crippen molar-refractivity contribution in [1.29, 1.82) is 0 Å². The van der Waals surface area contributed by atoms with Crippen LogP contribution in [0.5, 0.6) is 5.75 Å². The third kappa shape index (κ3) is 2.05. The molecule has 3 aromatic rings. The Kier molecular flexibility index (Phi) is 3.37. The van der Waals surface area contributed by atoms with Gasteiger partial charge in [0, 0.05) is 26.0 Å². The van der Waals surface area contributed by atoms with Gasteiger partial charge in [-0.15, -0.1) is 0 Å². The summed E-state index contributed by atoms with van der Waals surface area (Å²) in [4.78, 5) is 26.8. The lowest BCUT2D eigenvalue weighted by atomic mass is 9.93. The lowest BCUT2D eigenvalue weighted by molar-refractivity contribution is 0.0892. The van der Waals surface area contributed by atoms with Crippen LogP contribution in [0.15, 0.2) is 53.0 Å². The second-order valence-corrected chi connectivity index (χ2v) is 6.69. The lowest BCUT2D eigenvalue weighted by Gasteiger charge is -2.28. The summed E-state index contributed by atoms with van der Waals surface area (Å²) in [5, 5.41) is 11.8. The molecule has 0 saturated heterocycles. The van der Waals surface area contributed by atoms with Gasteiger partial charge < -0.3 is 5.11 Å². The lowest BCUT2D eigenvalue weighted by Crippen LogP contribution is -2.40. The Morgan fingerprint density at radius 3 is 2.42 bits per heavy atom. The van der Waals surface area contributed by atoms with Gasteiger partial charge in [-0.2, -0.15) is 0 Å². The van der Waals surface area contributed by atoms with Crippen LogP contribution in [0.2, 0.25) is 5.02 Å². The Bertz CT molecular complexity index is 1030. The van der Waals surface area contributed by atoms with Gasteiger partial charge in [0.25, 0.3) is 11.8 Å². The topological polar surface area (TPSA) is 57.6 Å². The molecule has 4 nitrogen and oxygen atoms in total. The maximum absolute atomic E-state index is 12.9. The van der Waals surface area contributed by atoms with Crippen LogP contribution in [0.3, 0.4) is 0 Å². The zero-order valence-corrected chi connectivity index (χ0v) is 14.4. The van der Waals surface area contributed by atoms with Gasteiger partial charge in [-0.05, 0) is 41.8 Å². The number of carbonyl (C=O) groups excluding carboxylic acids is 2. The van der Waals surface area contributed by atoms with E-state index in [0.717, 1.165) is 14.8 Å². The third-order valence-electron chi connectivity index (χ3n) is 4.03. The third-order valence-corrected chi connectivity index (χ3v) is 4.96. The number of phenolic OH excluding ortho intramolecular Hbond substituents is 1. The monoisotopic (exact) mass is 401 g/mol. The number of aromatic hydroxyl groups is 1. The average molecular weight is 403 g/mol. The molecule has 0 fully saturated rings. The number of amides is 2. The first-order valence-electron chi connectivity index (χ1n) is 7.07. The maximum Gasteiger partial charge on any atom is 0.266 e. The molecule has 2 amide bonds. The number of phenols is 1. The molecular weight excluding hydrogens is 394 g/mol. The fraction of sp³-hybridized carbons (Fsp3) is 0. The maximum atomic E-state index is 12.9. The van der Waals surface area contributed by atoms with Crippen molar-refractivity contribution in [3.63, 3.8) is 0 Å². The highest BCUT2D eigenvalue weighted by Crippen LogP contribution is 2.39. The first-order chi connectivity index (χ1) is 11.5. The van der Waals surface area contributed by atoms with E-state index < -0.39 is 11.8 Å². The summed E-state index contributed by atoms with van der Waals surface area (Å²) in [5.74, 6) is -1.17. The van der Waals surface area contributed by atoms with E-state index in [0.29, 0.717) is 21.5 Å². The number of anilines is 1. The minimum atomic E-state index is -0.492. The predicted octanol–water partition coefficient (Wildman–Crippen LogP) is 4.76. The summed E-state index contributed by atoms with van der Waals surface area (Å²) in [5.41, 5.74) is 0.883. The molecule has 1 aliphatic rings. The Labute approximate surface area is 150 Å². The van der Waals surface area contributed by atoms with Crippen LogP contribution in [0.25, 0.3) is 10.8 Å². The molecule has 24 heavy (non-hydrogen) atoms. The Morgan fingerprint density at radius 2 is 1.67 bits per heavy atom. The van der Waals surface area contributed by atoms with Gasteiger partial charge in [-0.3, -0.25) is 9.59 Å². The molecule has 0 aromatic heterocycles. The van der Waals surface area contributed by atoms with Crippen molar-refractivity contribution < 1.29 is 14.7 Å². The van der Waals surface area contributed by atoms with Crippen molar-refractivity contribution in [1.82, 2.24) is 0 Å². The van der Waals surface area contributed by atoms with Crippen molar-refractivity contribution in [2.24, 2.45) is 0 Å². The molecular formula is C18H9BrClNO3. The number of carbonyl (C=O) groups is 2. The Balaban J connectivity index is 2.02. The molecule has 1 N–H and O–H groups in total. The number of hydrogen-bond acceptors (Lipinski definition) is 3. The molecule has 0 bridgehead atoms. The van der Waals surface area contributed by atoms with E-state index in [-0.39, 0.29) is 11.4 Å². The summed E-state index contributed by atoms with van der Waals surface area (Å²) in [7, 11) is 0. The van der Waals surface area contributed by atoms with Crippen molar-refractivity contribution in [3.05, 3.63) is 69.2 Å². The molecule has 0 radical (unpaired) electrons. The van der Waals surface area contributed by atoms with Crippen LogP contribution in [-0.4, -0.2) is 16.9 Å². The highest BCUT2D eigenvalue weighted by molar-refractivity contribution is 9.10. The second kappa shape index (κ2) is 5.33. The number of benzene rings is 3. The first-order valence-corrected chi connectivity index (χ1v) is 8.24. The molecule has 6 heteroatoms. The quantitative estimate of drug-likeness (QED) is 0.597. The molecule has 1 aliphatic heterocycles. The van der Waals surface area contributed by atoms with Gasteiger partial charge in [0.05, 0.1) is 5.69 Å². The number of halogens is 2. The summed E-state index contributed by atoms with van der Waals surface area (Å²) in [6, 6.07) is 13.0. The molecule has 118 valence electrons. The van der Waals surface area contributed by atoms with Gasteiger partial charge in [-0.25, -0.2) is 4.90 Å². The number of rotatable bonds is 1. The molecule has 4 rings (SSSR count). The SMILES string of the molecule is O=C1c2cccc3c(Br)ccc(c23)C(=O)N1c1cc(Cl)ccc1O. The van der Waals surface area contributed by atoms with E-state index in [1.807, 2.05) is 6.07 Å². The highest BCUT2D eigenvalue weighted by atomic mass is 79.9. The minimum absolute atomic E-state index is 0.0723. The van der Waals surface area contributed by atoms with E-state index in [1.54, 1.807) is 24.3 Å². The fourth-order valence-corrected chi connectivity index (χ4v) is 3.58. The van der Waals surface area contributed by atoms with Gasteiger partial charge in [-0.1, -0.05) is 39.7 Å². The van der Waals surface area contributed by atoms with E-state index in [2.05, 4.69) is 15.9 Å². The molecule has 0 spiro atoms. The van der Waals surface area contributed by atoms with E-state index in [9.17, 15) is 14.7 Å². The molecule has 1 heterocycles. The number of nitrogens with zero attached hydrogens (tertiary/aromatic N) is 1. The summed E-state index contributed by atoms with van der Waals surface area (Å²) in [6.45, 7) is 0. The zero-order chi connectivity index (χ0) is 17.0. The molecule has 3 aromatic carbocycles. The largest absolute Gasteiger partial charge is 0.506 e. The van der Waals surface area contributed by atoms with Gasteiger partial charge in [0.15, 0.2) is 0 Å². The van der Waals surface area contributed by atoms with Gasteiger partial charge in [0.1, 0.15) is 5.75 Å². The van der Waals surface area contributed by atoms with Gasteiger partial charge in [0.2, 0.25) is 0 Å².